The molecule has 7 heteroatoms. The Morgan fingerprint density at radius 1 is 0.931 bits per heavy atom. The van der Waals surface area contributed by atoms with Crippen molar-refractivity contribution >= 4 is 5.97 Å². The predicted molar refractivity (Wildman–Crippen MR) is 104 cm³/mol. The SMILES string of the molecule is CC(=O)O[C@@H]1[C@H](O)[C@@H](OCc2ccccc2)C(O)O[C@@H]1COCc1ccccc1. The molecule has 0 saturated carbocycles. The van der Waals surface area contributed by atoms with Crippen LogP contribution in [0.15, 0.2) is 60.7 Å². The van der Waals surface area contributed by atoms with Crippen molar-refractivity contribution < 1.29 is 34.0 Å². The largest absolute Gasteiger partial charge is 0.457 e. The average molecular weight is 402 g/mol. The maximum Gasteiger partial charge on any atom is 0.303 e. The Morgan fingerprint density at radius 3 is 2.10 bits per heavy atom. The van der Waals surface area contributed by atoms with Gasteiger partial charge in [0, 0.05) is 6.92 Å². The van der Waals surface area contributed by atoms with Gasteiger partial charge in [-0.25, -0.2) is 0 Å². The number of aliphatic hydroxyl groups is 2. The molecule has 1 aliphatic rings. The summed E-state index contributed by atoms with van der Waals surface area (Å²) in [6.07, 6.45) is -5.57. The topological polar surface area (TPSA) is 94.5 Å². The van der Waals surface area contributed by atoms with Gasteiger partial charge in [-0.05, 0) is 11.1 Å². The molecule has 0 spiro atoms. The second-order valence-electron chi connectivity index (χ2n) is 6.89. The Labute approximate surface area is 169 Å². The molecule has 1 fully saturated rings. The van der Waals surface area contributed by atoms with E-state index in [4.69, 9.17) is 18.9 Å². The predicted octanol–water partition coefficient (Wildman–Crippen LogP) is 1.80. The summed E-state index contributed by atoms with van der Waals surface area (Å²) in [5.74, 6) is -0.566. The Kier molecular flexibility index (Phi) is 7.74. The molecule has 0 bridgehead atoms. The molecule has 1 aliphatic heterocycles. The van der Waals surface area contributed by atoms with E-state index in [1.165, 1.54) is 6.92 Å². The molecular weight excluding hydrogens is 376 g/mol. The highest BCUT2D eigenvalue weighted by Gasteiger charge is 2.47. The average Bonchev–Trinajstić information content (AvgIpc) is 2.72. The van der Waals surface area contributed by atoms with Crippen molar-refractivity contribution in [3.63, 3.8) is 0 Å². The molecular formula is C22H26O7. The van der Waals surface area contributed by atoms with Crippen molar-refractivity contribution in [1.29, 1.82) is 0 Å². The second-order valence-corrected chi connectivity index (χ2v) is 6.89. The third-order valence-electron chi connectivity index (χ3n) is 4.62. The number of benzene rings is 2. The first kappa shape index (κ1) is 21.4. The van der Waals surface area contributed by atoms with E-state index in [1.807, 2.05) is 60.7 Å². The maximum atomic E-state index is 11.5. The van der Waals surface area contributed by atoms with Crippen LogP contribution in [0.2, 0.25) is 0 Å². The molecule has 2 aromatic rings. The molecule has 0 aliphatic carbocycles. The maximum absolute atomic E-state index is 11.5. The lowest BCUT2D eigenvalue weighted by Crippen LogP contribution is -2.60. The molecule has 2 N–H and O–H groups in total. The van der Waals surface area contributed by atoms with Crippen molar-refractivity contribution in [3.05, 3.63) is 71.8 Å². The van der Waals surface area contributed by atoms with Crippen molar-refractivity contribution in [1.82, 2.24) is 0 Å². The number of carbonyl (C=O) groups is 1. The molecule has 29 heavy (non-hydrogen) atoms. The van der Waals surface area contributed by atoms with Gasteiger partial charge in [-0.1, -0.05) is 60.7 Å². The van der Waals surface area contributed by atoms with Crippen LogP contribution in [0.5, 0.6) is 0 Å². The molecule has 3 rings (SSSR count). The standard InChI is InChI=1S/C22H26O7/c1-15(23)28-20-18(14-26-12-16-8-4-2-5-9-16)29-22(25)21(19(20)24)27-13-17-10-6-3-7-11-17/h2-11,18-22,24-25H,12-14H2,1H3/t18-,19+,20+,21-,22?/m1/s1. The third-order valence-corrected chi connectivity index (χ3v) is 4.62. The Bertz CT molecular complexity index is 750. The van der Waals surface area contributed by atoms with E-state index < -0.39 is 36.7 Å². The summed E-state index contributed by atoms with van der Waals surface area (Å²) in [4.78, 5) is 11.5. The highest BCUT2D eigenvalue weighted by atomic mass is 16.7. The van der Waals surface area contributed by atoms with Gasteiger partial charge in [0.2, 0.25) is 0 Å². The van der Waals surface area contributed by atoms with Gasteiger partial charge >= 0.3 is 5.97 Å². The quantitative estimate of drug-likeness (QED) is 0.650. The van der Waals surface area contributed by atoms with Crippen molar-refractivity contribution in [2.75, 3.05) is 6.61 Å². The molecule has 1 unspecified atom stereocenters. The molecule has 0 amide bonds. The number of ether oxygens (including phenoxy) is 4. The summed E-state index contributed by atoms with van der Waals surface area (Å²) in [6, 6.07) is 18.9. The lowest BCUT2D eigenvalue weighted by atomic mass is 9.98. The molecule has 5 atom stereocenters. The van der Waals surface area contributed by atoms with Gasteiger partial charge in [-0.2, -0.15) is 0 Å². The van der Waals surface area contributed by atoms with E-state index in [9.17, 15) is 15.0 Å². The van der Waals surface area contributed by atoms with Crippen LogP contribution >= 0.6 is 0 Å². The van der Waals surface area contributed by atoms with Crippen LogP contribution < -0.4 is 0 Å². The molecule has 7 nitrogen and oxygen atoms in total. The number of carbonyl (C=O) groups excluding carboxylic acids is 1. The van der Waals surface area contributed by atoms with E-state index >= 15 is 0 Å². The highest BCUT2D eigenvalue weighted by molar-refractivity contribution is 5.66. The number of aliphatic hydroxyl groups excluding tert-OH is 2. The van der Waals surface area contributed by atoms with Crippen molar-refractivity contribution in [3.8, 4) is 0 Å². The van der Waals surface area contributed by atoms with E-state index in [-0.39, 0.29) is 13.2 Å². The van der Waals surface area contributed by atoms with Crippen LogP contribution in [-0.2, 0) is 37.0 Å². The molecule has 0 radical (unpaired) electrons. The summed E-state index contributed by atoms with van der Waals surface area (Å²) in [6.45, 7) is 1.78. The van der Waals surface area contributed by atoms with Crippen LogP contribution in [-0.4, -0.2) is 53.5 Å². The molecule has 1 heterocycles. The first-order chi connectivity index (χ1) is 14.0. The number of hydrogen-bond acceptors (Lipinski definition) is 7. The summed E-state index contributed by atoms with van der Waals surface area (Å²) in [5, 5.41) is 21.1. The minimum Gasteiger partial charge on any atom is -0.457 e. The fourth-order valence-corrected chi connectivity index (χ4v) is 3.20. The van der Waals surface area contributed by atoms with Crippen molar-refractivity contribution in [2.24, 2.45) is 0 Å². The number of rotatable bonds is 8. The molecule has 156 valence electrons. The van der Waals surface area contributed by atoms with Gasteiger partial charge in [0.15, 0.2) is 12.4 Å². The minimum atomic E-state index is -1.38. The van der Waals surface area contributed by atoms with E-state index in [2.05, 4.69) is 0 Å². The van der Waals surface area contributed by atoms with Gasteiger partial charge in [-0.3, -0.25) is 4.79 Å². The van der Waals surface area contributed by atoms with Gasteiger partial charge in [0.05, 0.1) is 19.8 Å². The fourth-order valence-electron chi connectivity index (χ4n) is 3.20. The van der Waals surface area contributed by atoms with Gasteiger partial charge in [-0.15, -0.1) is 0 Å². The fraction of sp³-hybridized carbons (Fsp3) is 0.409. The summed E-state index contributed by atoms with van der Waals surface area (Å²) >= 11 is 0. The number of esters is 1. The van der Waals surface area contributed by atoms with Gasteiger partial charge in [0.1, 0.15) is 18.3 Å². The van der Waals surface area contributed by atoms with Gasteiger partial charge in [0.25, 0.3) is 0 Å². The Balaban J connectivity index is 1.61. The zero-order valence-corrected chi connectivity index (χ0v) is 16.2. The summed E-state index contributed by atoms with van der Waals surface area (Å²) < 4.78 is 22.2. The summed E-state index contributed by atoms with van der Waals surface area (Å²) in [7, 11) is 0. The highest BCUT2D eigenvalue weighted by Crippen LogP contribution is 2.26. The summed E-state index contributed by atoms with van der Waals surface area (Å²) in [5.41, 5.74) is 1.85. The van der Waals surface area contributed by atoms with E-state index in [1.54, 1.807) is 0 Å². The zero-order chi connectivity index (χ0) is 20.6. The van der Waals surface area contributed by atoms with E-state index in [0.29, 0.717) is 6.61 Å². The monoisotopic (exact) mass is 402 g/mol. The van der Waals surface area contributed by atoms with Crippen LogP contribution in [0.1, 0.15) is 18.1 Å². The van der Waals surface area contributed by atoms with E-state index in [0.717, 1.165) is 11.1 Å². The molecule has 1 saturated heterocycles. The van der Waals surface area contributed by atoms with Crippen LogP contribution in [0, 0.1) is 0 Å². The third kappa shape index (κ3) is 6.09. The second kappa shape index (κ2) is 10.5. The normalized spacial score (nSPS) is 26.8. The van der Waals surface area contributed by atoms with Crippen LogP contribution in [0.4, 0.5) is 0 Å². The zero-order valence-electron chi connectivity index (χ0n) is 16.2. The number of hydrogen-bond donors (Lipinski definition) is 2. The molecule has 2 aromatic carbocycles. The smallest absolute Gasteiger partial charge is 0.303 e. The van der Waals surface area contributed by atoms with Crippen LogP contribution in [0.25, 0.3) is 0 Å². The molecule has 0 aromatic heterocycles. The lowest BCUT2D eigenvalue weighted by Gasteiger charge is -2.41. The van der Waals surface area contributed by atoms with Gasteiger partial charge < -0.3 is 29.2 Å². The first-order valence-corrected chi connectivity index (χ1v) is 9.50. The van der Waals surface area contributed by atoms with Crippen LogP contribution in [0.3, 0.4) is 0 Å². The first-order valence-electron chi connectivity index (χ1n) is 9.50. The Morgan fingerprint density at radius 2 is 1.52 bits per heavy atom. The lowest BCUT2D eigenvalue weighted by molar-refractivity contribution is -0.302. The minimum absolute atomic E-state index is 0.0341. The van der Waals surface area contributed by atoms with Crippen molar-refractivity contribution in [2.45, 2.75) is 50.8 Å². The Hall–Kier alpha value is -2.29.